The quantitative estimate of drug-likeness (QED) is 0.774. The van der Waals surface area contributed by atoms with E-state index in [1.165, 1.54) is 34.3 Å². The average molecular weight is 308 g/mol. The Bertz CT molecular complexity index is 670. The van der Waals surface area contributed by atoms with Crippen LogP contribution in [-0.2, 0) is 9.59 Å². The Kier molecular flexibility index (Phi) is 3.94. The van der Waals surface area contributed by atoms with Gasteiger partial charge in [-0.1, -0.05) is 0 Å². The van der Waals surface area contributed by atoms with Crippen molar-refractivity contribution in [3.63, 3.8) is 0 Å². The topological polar surface area (TPSA) is 108 Å². The second-order valence-corrected chi connectivity index (χ2v) is 4.62. The molecule has 0 aromatic heterocycles. The van der Waals surface area contributed by atoms with E-state index < -0.39 is 23.6 Å². The van der Waals surface area contributed by atoms with Crippen molar-refractivity contribution < 1.29 is 28.6 Å². The summed E-state index contributed by atoms with van der Waals surface area (Å²) in [7, 11) is 4.14. The maximum Gasteiger partial charge on any atom is 0.300 e. The molecule has 1 heterocycles. The van der Waals surface area contributed by atoms with Crippen LogP contribution in [-0.4, -0.2) is 45.0 Å². The second kappa shape index (κ2) is 5.55. The van der Waals surface area contributed by atoms with E-state index in [1.54, 1.807) is 0 Å². The molecule has 1 atom stereocenters. The first-order valence-electron chi connectivity index (χ1n) is 6.39. The summed E-state index contributed by atoms with van der Waals surface area (Å²) < 4.78 is 15.6. The second-order valence-electron chi connectivity index (χ2n) is 4.62. The molecule has 0 aliphatic carbocycles. The minimum atomic E-state index is -0.986. The predicted molar refractivity (Wildman–Crippen MR) is 76.6 cm³/mol. The predicted octanol–water partition coefficient (Wildman–Crippen LogP) is 0.115. The van der Waals surface area contributed by atoms with E-state index in [0.29, 0.717) is 0 Å². The summed E-state index contributed by atoms with van der Waals surface area (Å²) in [5.41, 5.74) is 5.48. The molecule has 22 heavy (non-hydrogen) atoms. The van der Waals surface area contributed by atoms with Gasteiger partial charge in [-0.15, -0.1) is 0 Å². The number of amides is 2. The van der Waals surface area contributed by atoms with Crippen LogP contribution in [0.2, 0.25) is 0 Å². The van der Waals surface area contributed by atoms with Crippen molar-refractivity contribution in [3.8, 4) is 17.2 Å². The van der Waals surface area contributed by atoms with Crippen LogP contribution >= 0.6 is 0 Å². The third kappa shape index (κ3) is 2.03. The molecule has 0 fully saturated rings. The monoisotopic (exact) mass is 308 g/mol. The van der Waals surface area contributed by atoms with Gasteiger partial charge in [-0.3, -0.25) is 19.3 Å². The van der Waals surface area contributed by atoms with E-state index in [-0.39, 0.29) is 28.5 Å². The Labute approximate surface area is 126 Å². The number of nitrogens with zero attached hydrogens (tertiary/aromatic N) is 1. The number of Topliss-reactive ketones (excluding diaryl/α,β-unsaturated/α-hetero) is 1. The van der Waals surface area contributed by atoms with Crippen molar-refractivity contribution in [1.82, 2.24) is 0 Å². The smallest absolute Gasteiger partial charge is 0.300 e. The minimum absolute atomic E-state index is 0.0262. The zero-order valence-electron chi connectivity index (χ0n) is 12.6. The zero-order valence-corrected chi connectivity index (χ0v) is 12.6. The van der Waals surface area contributed by atoms with Gasteiger partial charge >= 0.3 is 0 Å². The van der Waals surface area contributed by atoms with Crippen molar-refractivity contribution >= 4 is 23.3 Å². The first-order chi connectivity index (χ1) is 10.4. The van der Waals surface area contributed by atoms with Gasteiger partial charge in [0, 0.05) is 6.07 Å². The van der Waals surface area contributed by atoms with E-state index in [4.69, 9.17) is 19.9 Å². The van der Waals surface area contributed by atoms with Crippen LogP contribution < -0.4 is 24.8 Å². The van der Waals surface area contributed by atoms with E-state index in [0.717, 1.165) is 4.90 Å². The Morgan fingerprint density at radius 3 is 2.18 bits per heavy atom. The van der Waals surface area contributed by atoms with Crippen molar-refractivity contribution in [2.24, 2.45) is 5.73 Å². The molecule has 1 aromatic rings. The number of hydrogen-bond donors (Lipinski definition) is 1. The molecule has 1 aliphatic rings. The van der Waals surface area contributed by atoms with Gasteiger partial charge in [0.25, 0.3) is 11.7 Å². The molecule has 2 rings (SSSR count). The molecule has 8 nitrogen and oxygen atoms in total. The number of benzene rings is 1. The normalized spacial score (nSPS) is 14.6. The number of rotatable bonds is 5. The van der Waals surface area contributed by atoms with Crippen LogP contribution in [0.4, 0.5) is 5.69 Å². The number of fused-ring (bicyclic) bond motifs is 1. The summed E-state index contributed by atoms with van der Waals surface area (Å²) in [6.45, 7) is 1.44. The molecule has 0 spiro atoms. The van der Waals surface area contributed by atoms with Gasteiger partial charge in [0.2, 0.25) is 11.7 Å². The molecule has 0 saturated carbocycles. The maximum atomic E-state index is 12.3. The molecule has 0 radical (unpaired) electrons. The lowest BCUT2D eigenvalue weighted by atomic mass is 10.1. The molecule has 2 amide bonds. The van der Waals surface area contributed by atoms with E-state index >= 15 is 0 Å². The Balaban J connectivity index is 2.77. The van der Waals surface area contributed by atoms with E-state index in [2.05, 4.69) is 0 Å². The number of carbonyl (C=O) groups excluding carboxylic acids is 3. The number of ketones is 1. The summed E-state index contributed by atoms with van der Waals surface area (Å²) in [5, 5.41) is 0. The summed E-state index contributed by atoms with van der Waals surface area (Å²) in [6.07, 6.45) is 0. The molecule has 1 unspecified atom stereocenters. The number of primary amides is 1. The number of anilines is 1. The third-order valence-electron chi connectivity index (χ3n) is 3.51. The number of hydrogen-bond acceptors (Lipinski definition) is 6. The lowest BCUT2D eigenvalue weighted by molar-refractivity contribution is -0.122. The van der Waals surface area contributed by atoms with Crippen molar-refractivity contribution in [2.75, 3.05) is 26.2 Å². The summed E-state index contributed by atoms with van der Waals surface area (Å²) in [6, 6.07) is 0.458. The molecule has 0 bridgehead atoms. The number of methoxy groups -OCH3 is 3. The highest BCUT2D eigenvalue weighted by Gasteiger charge is 2.44. The first kappa shape index (κ1) is 15.6. The standard InChI is InChI=1S/C14H16N2O6/c1-6(13(15)18)16-7-5-8(20-2)11(21-3)12(22-4)9(7)10(17)14(16)19/h5-6H,1-4H3,(H2,15,18). The number of ether oxygens (including phenoxy) is 3. The largest absolute Gasteiger partial charge is 0.493 e. The van der Waals surface area contributed by atoms with E-state index in [9.17, 15) is 14.4 Å². The summed E-state index contributed by atoms with van der Waals surface area (Å²) in [4.78, 5) is 36.9. The third-order valence-corrected chi connectivity index (χ3v) is 3.51. The van der Waals surface area contributed by atoms with Crippen LogP contribution in [0, 0.1) is 0 Å². The fourth-order valence-corrected chi connectivity index (χ4v) is 2.39. The molecule has 8 heteroatoms. The van der Waals surface area contributed by atoms with Crippen LogP contribution in [0.5, 0.6) is 17.2 Å². The first-order valence-corrected chi connectivity index (χ1v) is 6.39. The lowest BCUT2D eigenvalue weighted by Crippen LogP contribution is -2.45. The van der Waals surface area contributed by atoms with Crippen LogP contribution in [0.15, 0.2) is 6.07 Å². The fourth-order valence-electron chi connectivity index (χ4n) is 2.39. The van der Waals surface area contributed by atoms with Gasteiger partial charge < -0.3 is 19.9 Å². The van der Waals surface area contributed by atoms with Crippen molar-refractivity contribution in [1.29, 1.82) is 0 Å². The molecular weight excluding hydrogens is 292 g/mol. The minimum Gasteiger partial charge on any atom is -0.493 e. The molecule has 118 valence electrons. The summed E-state index contributed by atoms with van der Waals surface area (Å²) in [5.74, 6) is -1.84. The highest BCUT2D eigenvalue weighted by Crippen LogP contribution is 2.48. The molecule has 0 saturated heterocycles. The molecule has 1 aromatic carbocycles. The van der Waals surface area contributed by atoms with Gasteiger partial charge in [0.15, 0.2) is 11.5 Å². The van der Waals surface area contributed by atoms with Crippen LogP contribution in [0.1, 0.15) is 17.3 Å². The lowest BCUT2D eigenvalue weighted by Gasteiger charge is -2.23. The SMILES string of the molecule is COc1cc2c(c(OC)c1OC)C(=O)C(=O)N2C(C)C(N)=O. The fraction of sp³-hybridized carbons (Fsp3) is 0.357. The van der Waals surface area contributed by atoms with Crippen LogP contribution in [0.3, 0.4) is 0 Å². The average Bonchev–Trinajstić information content (AvgIpc) is 2.75. The van der Waals surface area contributed by atoms with Gasteiger partial charge in [-0.25, -0.2) is 0 Å². The zero-order chi connectivity index (χ0) is 16.6. The highest BCUT2D eigenvalue weighted by molar-refractivity contribution is 6.53. The van der Waals surface area contributed by atoms with Gasteiger partial charge in [-0.05, 0) is 6.92 Å². The Hall–Kier alpha value is -2.77. The Morgan fingerprint density at radius 2 is 1.73 bits per heavy atom. The molecule has 1 aliphatic heterocycles. The number of carbonyl (C=O) groups is 3. The van der Waals surface area contributed by atoms with Crippen molar-refractivity contribution in [3.05, 3.63) is 11.6 Å². The molecular formula is C14H16N2O6. The maximum absolute atomic E-state index is 12.3. The number of nitrogens with two attached hydrogens (primary N) is 1. The van der Waals surface area contributed by atoms with Gasteiger partial charge in [0.05, 0.1) is 32.6 Å². The van der Waals surface area contributed by atoms with Crippen molar-refractivity contribution in [2.45, 2.75) is 13.0 Å². The Morgan fingerprint density at radius 1 is 1.14 bits per heavy atom. The van der Waals surface area contributed by atoms with E-state index in [1.807, 2.05) is 0 Å². The van der Waals surface area contributed by atoms with Gasteiger partial charge in [0.1, 0.15) is 6.04 Å². The molecule has 2 N–H and O–H groups in total. The summed E-state index contributed by atoms with van der Waals surface area (Å²) >= 11 is 0. The van der Waals surface area contributed by atoms with Crippen LogP contribution in [0.25, 0.3) is 0 Å². The highest BCUT2D eigenvalue weighted by atomic mass is 16.5. The van der Waals surface area contributed by atoms with Gasteiger partial charge in [-0.2, -0.15) is 0 Å².